The normalized spacial score (nSPS) is 14.9. The first kappa shape index (κ1) is 13.9. The van der Waals surface area contributed by atoms with E-state index in [4.69, 9.17) is 5.73 Å². The molecule has 1 atom stereocenters. The highest BCUT2D eigenvalue weighted by atomic mass is 32.2. The molecule has 0 amide bonds. The number of nitrogens with zero attached hydrogens (tertiary/aromatic N) is 2. The number of imidazole rings is 1. The molecule has 0 radical (unpaired) electrons. The van der Waals surface area contributed by atoms with E-state index in [2.05, 4.69) is 9.71 Å². The van der Waals surface area contributed by atoms with Crippen LogP contribution in [0.2, 0.25) is 0 Å². The van der Waals surface area contributed by atoms with Crippen LogP contribution >= 0.6 is 0 Å². The third kappa shape index (κ3) is 2.76. The van der Waals surface area contributed by atoms with Crippen molar-refractivity contribution in [3.63, 3.8) is 0 Å². The van der Waals surface area contributed by atoms with E-state index in [0.29, 0.717) is 0 Å². The second-order valence-electron chi connectivity index (χ2n) is 4.55. The van der Waals surface area contributed by atoms with Gasteiger partial charge in [-0.25, -0.2) is 18.1 Å². The monoisotopic (exact) mass is 262 g/mol. The average Bonchev–Trinajstić information content (AvgIpc) is 2.44. The average molecular weight is 262 g/mol. The van der Waals surface area contributed by atoms with Crippen molar-refractivity contribution >= 4 is 15.8 Å². The minimum Gasteiger partial charge on any atom is -0.391 e. The third-order valence-corrected chi connectivity index (χ3v) is 4.41. The molecule has 4 N–H and O–H groups in total. The SMILES string of the molecule is CC(O)C(C)(C)NS(=O)(=O)c1c(N)ncn1C. The molecule has 0 spiro atoms. The number of nitrogens with two attached hydrogens (primary N) is 1. The predicted molar refractivity (Wildman–Crippen MR) is 63.7 cm³/mol. The van der Waals surface area contributed by atoms with E-state index in [9.17, 15) is 13.5 Å². The molecular formula is C9H18N4O3S. The molecule has 17 heavy (non-hydrogen) atoms. The highest BCUT2D eigenvalue weighted by molar-refractivity contribution is 7.89. The lowest BCUT2D eigenvalue weighted by atomic mass is 10.0. The fourth-order valence-electron chi connectivity index (χ4n) is 1.24. The molecule has 0 fully saturated rings. The van der Waals surface area contributed by atoms with Crippen LogP contribution < -0.4 is 10.5 Å². The molecule has 0 aliphatic heterocycles. The molecule has 0 bridgehead atoms. The van der Waals surface area contributed by atoms with Crippen molar-refractivity contribution in [3.05, 3.63) is 6.33 Å². The van der Waals surface area contributed by atoms with Gasteiger partial charge >= 0.3 is 0 Å². The molecule has 1 unspecified atom stereocenters. The van der Waals surface area contributed by atoms with Gasteiger partial charge in [-0.3, -0.25) is 0 Å². The Labute approximate surface area is 101 Å². The van der Waals surface area contributed by atoms with Crippen molar-refractivity contribution in [2.45, 2.75) is 37.4 Å². The molecule has 98 valence electrons. The summed E-state index contributed by atoms with van der Waals surface area (Å²) in [5, 5.41) is 9.39. The van der Waals surface area contributed by atoms with Crippen LogP contribution in [0.4, 0.5) is 5.82 Å². The van der Waals surface area contributed by atoms with Crippen LogP contribution in [0.3, 0.4) is 0 Å². The fraction of sp³-hybridized carbons (Fsp3) is 0.667. The Morgan fingerprint density at radius 1 is 1.59 bits per heavy atom. The number of sulfonamides is 1. The molecule has 0 saturated heterocycles. The van der Waals surface area contributed by atoms with Crippen molar-refractivity contribution in [2.24, 2.45) is 7.05 Å². The summed E-state index contributed by atoms with van der Waals surface area (Å²) in [6.07, 6.45) is 0.478. The summed E-state index contributed by atoms with van der Waals surface area (Å²) >= 11 is 0. The van der Waals surface area contributed by atoms with Gasteiger partial charge in [0, 0.05) is 7.05 Å². The predicted octanol–water partition coefficient (Wildman–Crippen LogP) is -0.560. The number of anilines is 1. The van der Waals surface area contributed by atoms with Crippen LogP contribution in [-0.2, 0) is 17.1 Å². The number of hydrogen-bond acceptors (Lipinski definition) is 5. The second-order valence-corrected chi connectivity index (χ2v) is 6.15. The molecule has 0 saturated carbocycles. The maximum atomic E-state index is 12.1. The van der Waals surface area contributed by atoms with E-state index in [0.717, 1.165) is 0 Å². The van der Waals surface area contributed by atoms with E-state index >= 15 is 0 Å². The number of rotatable bonds is 4. The number of aryl methyl sites for hydroxylation is 1. The van der Waals surface area contributed by atoms with Gasteiger partial charge in [0.2, 0.25) is 0 Å². The van der Waals surface area contributed by atoms with Gasteiger partial charge in [0.25, 0.3) is 10.0 Å². The smallest absolute Gasteiger partial charge is 0.260 e. The fourth-order valence-corrected chi connectivity index (χ4v) is 2.96. The largest absolute Gasteiger partial charge is 0.391 e. The zero-order valence-electron chi connectivity index (χ0n) is 10.3. The van der Waals surface area contributed by atoms with Gasteiger partial charge in [0.05, 0.1) is 18.0 Å². The van der Waals surface area contributed by atoms with Gasteiger partial charge in [-0.1, -0.05) is 0 Å². The summed E-state index contributed by atoms with van der Waals surface area (Å²) in [5.41, 5.74) is 4.52. The van der Waals surface area contributed by atoms with Gasteiger partial charge in [-0.05, 0) is 20.8 Å². The van der Waals surface area contributed by atoms with E-state index in [1.807, 2.05) is 0 Å². The van der Waals surface area contributed by atoms with Gasteiger partial charge in [-0.15, -0.1) is 0 Å². The van der Waals surface area contributed by atoms with Gasteiger partial charge in [0.1, 0.15) is 0 Å². The molecule has 1 aromatic rings. The number of nitrogen functional groups attached to an aromatic ring is 1. The summed E-state index contributed by atoms with van der Waals surface area (Å²) < 4.78 is 27.9. The maximum absolute atomic E-state index is 12.1. The van der Waals surface area contributed by atoms with Crippen LogP contribution in [0, 0.1) is 0 Å². The van der Waals surface area contributed by atoms with E-state index in [-0.39, 0.29) is 10.8 Å². The number of hydrogen-bond donors (Lipinski definition) is 3. The summed E-state index contributed by atoms with van der Waals surface area (Å²) in [6.45, 7) is 4.68. The molecule has 1 rings (SSSR count). The van der Waals surface area contributed by atoms with Crippen LogP contribution in [0.25, 0.3) is 0 Å². The first-order valence-electron chi connectivity index (χ1n) is 5.07. The molecule has 8 heteroatoms. The molecule has 0 aliphatic carbocycles. The Hall–Kier alpha value is -1.12. The zero-order valence-corrected chi connectivity index (χ0v) is 11.1. The van der Waals surface area contributed by atoms with E-state index < -0.39 is 21.7 Å². The van der Waals surface area contributed by atoms with E-state index in [1.54, 1.807) is 13.8 Å². The number of aliphatic hydroxyl groups is 1. The van der Waals surface area contributed by atoms with Crippen molar-refractivity contribution in [3.8, 4) is 0 Å². The van der Waals surface area contributed by atoms with E-state index in [1.165, 1.54) is 24.9 Å². The third-order valence-electron chi connectivity index (χ3n) is 2.61. The van der Waals surface area contributed by atoms with Crippen LogP contribution in [-0.4, -0.2) is 34.7 Å². The summed E-state index contributed by atoms with van der Waals surface area (Å²) in [7, 11) is -2.28. The summed E-state index contributed by atoms with van der Waals surface area (Å²) in [6, 6.07) is 0. The molecule has 1 heterocycles. The van der Waals surface area contributed by atoms with Gasteiger partial charge in [-0.2, -0.15) is 0 Å². The minimum absolute atomic E-state index is 0.0682. The lowest BCUT2D eigenvalue weighted by molar-refractivity contribution is 0.111. The molecule has 0 aromatic carbocycles. The van der Waals surface area contributed by atoms with Gasteiger partial charge < -0.3 is 15.4 Å². The van der Waals surface area contributed by atoms with Crippen molar-refractivity contribution in [2.75, 3.05) is 5.73 Å². The van der Waals surface area contributed by atoms with Crippen molar-refractivity contribution < 1.29 is 13.5 Å². The Morgan fingerprint density at radius 3 is 2.47 bits per heavy atom. The first-order valence-corrected chi connectivity index (χ1v) is 6.55. The molecule has 0 aliphatic rings. The lowest BCUT2D eigenvalue weighted by Gasteiger charge is -2.28. The summed E-state index contributed by atoms with van der Waals surface area (Å²) in [4.78, 5) is 3.72. The standard InChI is InChI=1S/C9H18N4O3S/c1-6(14)9(2,3)12-17(15,16)8-7(10)11-5-13(8)4/h5-6,12,14H,10H2,1-4H3. The van der Waals surface area contributed by atoms with Gasteiger partial charge in [0.15, 0.2) is 10.8 Å². The number of aliphatic hydroxyl groups excluding tert-OH is 1. The topological polar surface area (TPSA) is 110 Å². The Morgan fingerprint density at radius 2 is 2.12 bits per heavy atom. The second kappa shape index (κ2) is 4.28. The Balaban J connectivity index is 3.15. The lowest BCUT2D eigenvalue weighted by Crippen LogP contribution is -2.51. The van der Waals surface area contributed by atoms with Crippen LogP contribution in [0.15, 0.2) is 11.4 Å². The van der Waals surface area contributed by atoms with Crippen LogP contribution in [0.1, 0.15) is 20.8 Å². The molecule has 7 nitrogen and oxygen atoms in total. The minimum atomic E-state index is -3.82. The van der Waals surface area contributed by atoms with Crippen LogP contribution in [0.5, 0.6) is 0 Å². The number of aromatic nitrogens is 2. The molecule has 1 aromatic heterocycles. The van der Waals surface area contributed by atoms with Crippen molar-refractivity contribution in [1.82, 2.24) is 14.3 Å². The Kier molecular flexibility index (Phi) is 3.51. The highest BCUT2D eigenvalue weighted by Gasteiger charge is 2.33. The quantitative estimate of drug-likeness (QED) is 0.673. The first-order chi connectivity index (χ1) is 7.58. The highest BCUT2D eigenvalue weighted by Crippen LogP contribution is 2.19. The Bertz CT molecular complexity index is 485. The molecular weight excluding hydrogens is 244 g/mol. The maximum Gasteiger partial charge on any atom is 0.260 e. The zero-order chi connectivity index (χ0) is 13.4. The van der Waals surface area contributed by atoms with Crippen molar-refractivity contribution in [1.29, 1.82) is 0 Å². The summed E-state index contributed by atoms with van der Waals surface area (Å²) in [5.74, 6) is -0.0682. The number of nitrogens with one attached hydrogen (secondary N) is 1.